The van der Waals surface area contributed by atoms with E-state index in [-0.39, 0.29) is 36.9 Å². The number of likely N-dealkylation sites (N-methyl/N-ethyl adjacent to an activating group) is 1. The summed E-state index contributed by atoms with van der Waals surface area (Å²) in [5, 5.41) is 12.1. The molecule has 25 heavy (non-hydrogen) atoms. The Morgan fingerprint density at radius 1 is 1.36 bits per heavy atom. The van der Waals surface area contributed by atoms with Gasteiger partial charge in [-0.25, -0.2) is 0 Å². The van der Waals surface area contributed by atoms with Crippen molar-refractivity contribution in [2.75, 3.05) is 38.6 Å². The van der Waals surface area contributed by atoms with Crippen molar-refractivity contribution < 1.29 is 14.7 Å². The first-order valence-electron chi connectivity index (χ1n) is 8.87. The third-order valence-electron chi connectivity index (χ3n) is 4.81. The standard InChI is InChI=1S/C19H29N3O3/c1-14-6-8-17(9-7-14)20-18(24)12-21(3)19(25)15(2)22-10-4-5-16(11-22)13-23/h6-9,15-16,23H,4-5,10-13H2,1-3H3,(H,20,24)/t15-,16+/m1/s1. The van der Waals surface area contributed by atoms with E-state index in [9.17, 15) is 14.7 Å². The monoisotopic (exact) mass is 347 g/mol. The highest BCUT2D eigenvalue weighted by atomic mass is 16.3. The minimum absolute atomic E-state index is 0.0221. The van der Waals surface area contributed by atoms with Gasteiger partial charge in [-0.05, 0) is 51.3 Å². The average Bonchev–Trinajstić information content (AvgIpc) is 2.62. The molecule has 138 valence electrons. The fourth-order valence-corrected chi connectivity index (χ4v) is 3.20. The van der Waals surface area contributed by atoms with E-state index in [0.717, 1.165) is 37.2 Å². The molecule has 0 radical (unpaired) electrons. The van der Waals surface area contributed by atoms with Crippen LogP contribution in [0.4, 0.5) is 5.69 Å². The Hall–Kier alpha value is -1.92. The molecule has 1 heterocycles. The maximum atomic E-state index is 12.6. The Morgan fingerprint density at radius 3 is 2.68 bits per heavy atom. The highest BCUT2D eigenvalue weighted by Crippen LogP contribution is 2.18. The van der Waals surface area contributed by atoms with Crippen LogP contribution >= 0.6 is 0 Å². The molecule has 6 nitrogen and oxygen atoms in total. The first-order chi connectivity index (χ1) is 11.9. The molecular weight excluding hydrogens is 318 g/mol. The van der Waals surface area contributed by atoms with Gasteiger partial charge < -0.3 is 15.3 Å². The average molecular weight is 347 g/mol. The van der Waals surface area contributed by atoms with Crippen LogP contribution in [0.1, 0.15) is 25.3 Å². The molecule has 0 unspecified atom stereocenters. The van der Waals surface area contributed by atoms with Crippen LogP contribution in [0.3, 0.4) is 0 Å². The number of hydrogen-bond acceptors (Lipinski definition) is 4. The first kappa shape index (κ1) is 19.4. The number of piperidine rings is 1. The van der Waals surface area contributed by atoms with Gasteiger partial charge in [-0.15, -0.1) is 0 Å². The molecule has 0 saturated carbocycles. The van der Waals surface area contributed by atoms with E-state index in [1.54, 1.807) is 7.05 Å². The fourth-order valence-electron chi connectivity index (χ4n) is 3.20. The zero-order valence-electron chi connectivity index (χ0n) is 15.4. The summed E-state index contributed by atoms with van der Waals surface area (Å²) in [5.41, 5.74) is 1.85. The highest BCUT2D eigenvalue weighted by molar-refractivity contribution is 5.95. The van der Waals surface area contributed by atoms with Gasteiger partial charge in [0.15, 0.2) is 0 Å². The SMILES string of the molecule is Cc1ccc(NC(=O)CN(C)C(=O)[C@@H](C)N2CCC[C@H](CO)C2)cc1. The van der Waals surface area contributed by atoms with Crippen molar-refractivity contribution in [3.63, 3.8) is 0 Å². The van der Waals surface area contributed by atoms with Crippen LogP contribution in [0.5, 0.6) is 0 Å². The summed E-state index contributed by atoms with van der Waals surface area (Å²) in [6, 6.07) is 7.27. The molecule has 0 aromatic heterocycles. The summed E-state index contributed by atoms with van der Waals surface area (Å²) in [6.07, 6.45) is 1.99. The van der Waals surface area contributed by atoms with Crippen molar-refractivity contribution in [3.8, 4) is 0 Å². The number of likely N-dealkylation sites (tertiary alicyclic amines) is 1. The molecule has 1 aliphatic rings. The number of aliphatic hydroxyl groups excluding tert-OH is 1. The van der Waals surface area contributed by atoms with E-state index in [2.05, 4.69) is 10.2 Å². The van der Waals surface area contributed by atoms with Crippen LogP contribution in [0, 0.1) is 12.8 Å². The third kappa shape index (κ3) is 5.54. The van der Waals surface area contributed by atoms with Crippen LogP contribution in [0.15, 0.2) is 24.3 Å². The summed E-state index contributed by atoms with van der Waals surface area (Å²) in [4.78, 5) is 28.3. The second-order valence-corrected chi connectivity index (χ2v) is 6.97. The molecule has 2 N–H and O–H groups in total. The van der Waals surface area contributed by atoms with Crippen LogP contribution in [-0.2, 0) is 9.59 Å². The number of aliphatic hydroxyl groups is 1. The second kappa shape index (κ2) is 8.97. The largest absolute Gasteiger partial charge is 0.396 e. The number of carbonyl (C=O) groups is 2. The van der Waals surface area contributed by atoms with Crippen LogP contribution in [-0.4, -0.2) is 66.1 Å². The number of rotatable bonds is 6. The first-order valence-corrected chi connectivity index (χ1v) is 8.87. The fraction of sp³-hybridized carbons (Fsp3) is 0.579. The van der Waals surface area contributed by atoms with Crippen molar-refractivity contribution in [3.05, 3.63) is 29.8 Å². The minimum Gasteiger partial charge on any atom is -0.396 e. The number of nitrogens with one attached hydrogen (secondary N) is 1. The molecule has 2 amide bonds. The lowest BCUT2D eigenvalue weighted by Gasteiger charge is -2.36. The predicted molar refractivity (Wildman–Crippen MR) is 98.3 cm³/mol. The summed E-state index contributed by atoms with van der Waals surface area (Å²) in [6.45, 7) is 5.62. The highest BCUT2D eigenvalue weighted by Gasteiger charge is 2.29. The van der Waals surface area contributed by atoms with E-state index in [0.29, 0.717) is 0 Å². The van der Waals surface area contributed by atoms with E-state index in [1.165, 1.54) is 4.90 Å². The zero-order chi connectivity index (χ0) is 18.4. The quantitative estimate of drug-likeness (QED) is 0.818. The Morgan fingerprint density at radius 2 is 2.04 bits per heavy atom. The molecular formula is C19H29N3O3. The Balaban J connectivity index is 1.86. The normalized spacial score (nSPS) is 19.3. The van der Waals surface area contributed by atoms with Gasteiger partial charge >= 0.3 is 0 Å². The molecule has 0 aliphatic carbocycles. The van der Waals surface area contributed by atoms with E-state index < -0.39 is 0 Å². The number of aryl methyl sites for hydroxylation is 1. The van der Waals surface area contributed by atoms with Gasteiger partial charge in [0, 0.05) is 25.9 Å². The molecule has 1 saturated heterocycles. The van der Waals surface area contributed by atoms with Gasteiger partial charge in [0.05, 0.1) is 12.6 Å². The lowest BCUT2D eigenvalue weighted by Crippen LogP contribution is -2.51. The van der Waals surface area contributed by atoms with Gasteiger partial charge in [-0.3, -0.25) is 14.5 Å². The molecule has 0 bridgehead atoms. The third-order valence-corrected chi connectivity index (χ3v) is 4.81. The number of anilines is 1. The molecule has 2 atom stereocenters. The molecule has 1 fully saturated rings. The van der Waals surface area contributed by atoms with Crippen LogP contribution in [0.2, 0.25) is 0 Å². The van der Waals surface area contributed by atoms with Crippen molar-refractivity contribution in [1.82, 2.24) is 9.80 Å². The maximum Gasteiger partial charge on any atom is 0.243 e. The summed E-state index contributed by atoms with van der Waals surface area (Å²) >= 11 is 0. The van der Waals surface area contributed by atoms with Crippen molar-refractivity contribution >= 4 is 17.5 Å². The topological polar surface area (TPSA) is 72.9 Å². The number of carbonyl (C=O) groups excluding carboxylic acids is 2. The lowest BCUT2D eigenvalue weighted by atomic mass is 9.97. The molecule has 1 aromatic rings. The van der Waals surface area contributed by atoms with Gasteiger partial charge in [-0.2, -0.15) is 0 Å². The summed E-state index contributed by atoms with van der Waals surface area (Å²) in [5.74, 6) is -0.0458. The van der Waals surface area contributed by atoms with Crippen molar-refractivity contribution in [2.24, 2.45) is 5.92 Å². The summed E-state index contributed by atoms with van der Waals surface area (Å²) in [7, 11) is 1.65. The smallest absolute Gasteiger partial charge is 0.243 e. The minimum atomic E-state index is -0.286. The van der Waals surface area contributed by atoms with Crippen LogP contribution < -0.4 is 5.32 Å². The maximum absolute atomic E-state index is 12.6. The molecule has 2 rings (SSSR count). The van der Waals surface area contributed by atoms with Gasteiger partial charge in [0.25, 0.3) is 0 Å². The number of nitrogens with zero attached hydrogens (tertiary/aromatic N) is 2. The molecule has 1 aromatic carbocycles. The van der Waals surface area contributed by atoms with E-state index in [4.69, 9.17) is 0 Å². The molecule has 1 aliphatic heterocycles. The summed E-state index contributed by atoms with van der Waals surface area (Å²) < 4.78 is 0. The zero-order valence-corrected chi connectivity index (χ0v) is 15.4. The van der Waals surface area contributed by atoms with Gasteiger partial charge in [0.1, 0.15) is 0 Å². The Bertz CT molecular complexity index is 588. The molecule has 6 heteroatoms. The van der Waals surface area contributed by atoms with Gasteiger partial charge in [-0.1, -0.05) is 17.7 Å². The Labute approximate surface area is 149 Å². The van der Waals surface area contributed by atoms with Crippen molar-refractivity contribution in [2.45, 2.75) is 32.7 Å². The van der Waals surface area contributed by atoms with Crippen LogP contribution in [0.25, 0.3) is 0 Å². The van der Waals surface area contributed by atoms with E-state index in [1.807, 2.05) is 38.1 Å². The van der Waals surface area contributed by atoms with Crippen molar-refractivity contribution in [1.29, 1.82) is 0 Å². The Kier molecular flexibility index (Phi) is 6.96. The lowest BCUT2D eigenvalue weighted by molar-refractivity contribution is -0.138. The number of hydrogen-bond donors (Lipinski definition) is 2. The number of amides is 2. The number of benzene rings is 1. The van der Waals surface area contributed by atoms with Gasteiger partial charge in [0.2, 0.25) is 11.8 Å². The van der Waals surface area contributed by atoms with E-state index >= 15 is 0 Å². The molecule has 0 spiro atoms. The predicted octanol–water partition coefficient (Wildman–Crippen LogP) is 1.48. The second-order valence-electron chi connectivity index (χ2n) is 6.97.